The van der Waals surface area contributed by atoms with Gasteiger partial charge in [0, 0.05) is 19.6 Å². The number of carboxylic acids is 1. The molecule has 0 radical (unpaired) electrons. The van der Waals surface area contributed by atoms with Crippen LogP contribution in [0, 0.1) is 0 Å². The second kappa shape index (κ2) is 5.81. The van der Waals surface area contributed by atoms with Crippen molar-refractivity contribution in [1.29, 1.82) is 0 Å². The van der Waals surface area contributed by atoms with Gasteiger partial charge >= 0.3 is 5.97 Å². The molecule has 4 N–H and O–H groups in total. The van der Waals surface area contributed by atoms with Crippen LogP contribution in [0.2, 0.25) is 0 Å². The van der Waals surface area contributed by atoms with Gasteiger partial charge in [-0.2, -0.15) is 0 Å². The Balaban J connectivity index is 2.17. The summed E-state index contributed by atoms with van der Waals surface area (Å²) in [5, 5.41) is 11.2. The lowest BCUT2D eigenvalue weighted by molar-refractivity contribution is -0.137. The summed E-state index contributed by atoms with van der Waals surface area (Å²) in [5.74, 6) is -1.22. The molecule has 0 aliphatic heterocycles. The van der Waals surface area contributed by atoms with E-state index in [0.29, 0.717) is 0 Å². The van der Waals surface area contributed by atoms with Crippen molar-refractivity contribution in [2.24, 2.45) is 5.73 Å². The molecule has 0 aromatic heterocycles. The molecule has 6 nitrogen and oxygen atoms in total. The number of amides is 1. The summed E-state index contributed by atoms with van der Waals surface area (Å²) in [6, 6.07) is -0.619. The summed E-state index contributed by atoms with van der Waals surface area (Å²) >= 11 is 0. The maximum Gasteiger partial charge on any atom is 0.303 e. The normalized spacial score (nSPS) is 25.6. The van der Waals surface area contributed by atoms with E-state index in [1.165, 1.54) is 0 Å². The lowest BCUT2D eigenvalue weighted by atomic mass is 9.89. The number of nitrogens with one attached hydrogen (secondary N) is 1. The summed E-state index contributed by atoms with van der Waals surface area (Å²) < 4.78 is 5.08. The first-order chi connectivity index (χ1) is 7.52. The fraction of sp³-hybridized carbons (Fsp3) is 0.800. The fourth-order valence-corrected chi connectivity index (χ4v) is 1.59. The van der Waals surface area contributed by atoms with Crippen LogP contribution in [-0.4, -0.2) is 42.3 Å². The van der Waals surface area contributed by atoms with E-state index in [4.69, 9.17) is 15.6 Å². The highest BCUT2D eigenvalue weighted by Gasteiger charge is 2.31. The van der Waals surface area contributed by atoms with E-state index in [2.05, 4.69) is 5.32 Å². The molecule has 1 atom stereocenters. The first kappa shape index (κ1) is 12.9. The third kappa shape index (κ3) is 3.79. The van der Waals surface area contributed by atoms with Gasteiger partial charge in [-0.3, -0.25) is 9.59 Å². The molecule has 6 heteroatoms. The van der Waals surface area contributed by atoms with E-state index >= 15 is 0 Å². The topological polar surface area (TPSA) is 102 Å². The number of rotatable bonds is 6. The van der Waals surface area contributed by atoms with E-state index in [9.17, 15) is 9.59 Å². The number of carbonyl (C=O) groups excluding carboxylic acids is 1. The predicted octanol–water partition coefficient (Wildman–Crippen LogP) is -0.528. The van der Waals surface area contributed by atoms with Crippen LogP contribution in [0.3, 0.4) is 0 Å². The van der Waals surface area contributed by atoms with Crippen LogP contribution in [0.4, 0.5) is 0 Å². The SMILES string of the molecule is COC1CC(NC(=O)C(N)CCC(=O)O)C1. The number of hydrogen-bond donors (Lipinski definition) is 3. The second-order valence-electron chi connectivity index (χ2n) is 4.07. The summed E-state index contributed by atoms with van der Waals surface area (Å²) in [6.07, 6.45) is 1.91. The Labute approximate surface area is 94.1 Å². The third-order valence-electron chi connectivity index (χ3n) is 2.78. The molecular weight excluding hydrogens is 212 g/mol. The molecule has 0 saturated heterocycles. The summed E-state index contributed by atoms with van der Waals surface area (Å²) in [5.41, 5.74) is 5.55. The maximum atomic E-state index is 11.5. The summed E-state index contributed by atoms with van der Waals surface area (Å²) in [4.78, 5) is 21.8. The first-order valence-corrected chi connectivity index (χ1v) is 5.33. The van der Waals surface area contributed by atoms with Crippen LogP contribution in [0.1, 0.15) is 25.7 Å². The van der Waals surface area contributed by atoms with Crippen LogP contribution in [-0.2, 0) is 14.3 Å². The van der Waals surface area contributed by atoms with Crippen LogP contribution in [0.15, 0.2) is 0 Å². The largest absolute Gasteiger partial charge is 0.481 e. The minimum absolute atomic E-state index is 0.0834. The average molecular weight is 230 g/mol. The minimum atomic E-state index is -0.939. The molecule has 0 aromatic carbocycles. The molecule has 0 heterocycles. The molecule has 1 fully saturated rings. The van der Waals surface area contributed by atoms with Crippen molar-refractivity contribution in [3.8, 4) is 0 Å². The Morgan fingerprint density at radius 2 is 2.19 bits per heavy atom. The highest BCUT2D eigenvalue weighted by Crippen LogP contribution is 2.22. The van der Waals surface area contributed by atoms with Crippen LogP contribution >= 0.6 is 0 Å². The molecule has 0 aromatic rings. The molecule has 1 saturated carbocycles. The number of carbonyl (C=O) groups is 2. The van der Waals surface area contributed by atoms with E-state index in [1.807, 2.05) is 0 Å². The van der Waals surface area contributed by atoms with Gasteiger partial charge in [-0.25, -0.2) is 0 Å². The van der Waals surface area contributed by atoms with Gasteiger partial charge in [0.15, 0.2) is 0 Å². The Morgan fingerprint density at radius 3 is 2.69 bits per heavy atom. The highest BCUT2D eigenvalue weighted by atomic mass is 16.5. The number of hydrogen-bond acceptors (Lipinski definition) is 4. The molecule has 1 aliphatic rings. The van der Waals surface area contributed by atoms with Crippen LogP contribution in [0.5, 0.6) is 0 Å². The predicted molar refractivity (Wildman–Crippen MR) is 56.8 cm³/mol. The van der Waals surface area contributed by atoms with Crippen molar-refractivity contribution >= 4 is 11.9 Å². The van der Waals surface area contributed by atoms with E-state index < -0.39 is 12.0 Å². The fourth-order valence-electron chi connectivity index (χ4n) is 1.59. The van der Waals surface area contributed by atoms with Crippen molar-refractivity contribution in [1.82, 2.24) is 5.32 Å². The van der Waals surface area contributed by atoms with Crippen LogP contribution in [0.25, 0.3) is 0 Å². The van der Waals surface area contributed by atoms with Gasteiger partial charge in [0.1, 0.15) is 0 Å². The van der Waals surface area contributed by atoms with Crippen LogP contribution < -0.4 is 11.1 Å². The number of ether oxygens (including phenoxy) is 1. The quantitative estimate of drug-likeness (QED) is 0.569. The van der Waals surface area contributed by atoms with Gasteiger partial charge in [-0.1, -0.05) is 0 Å². The lowest BCUT2D eigenvalue weighted by Crippen LogP contribution is -2.52. The second-order valence-corrected chi connectivity index (χ2v) is 4.07. The third-order valence-corrected chi connectivity index (χ3v) is 2.78. The van der Waals surface area contributed by atoms with Gasteiger partial charge in [0.25, 0.3) is 0 Å². The van der Waals surface area contributed by atoms with Gasteiger partial charge in [0.2, 0.25) is 5.91 Å². The van der Waals surface area contributed by atoms with Gasteiger partial charge in [0.05, 0.1) is 12.1 Å². The monoisotopic (exact) mass is 230 g/mol. The zero-order chi connectivity index (χ0) is 12.1. The number of carboxylic acid groups (broad SMARTS) is 1. The molecule has 0 spiro atoms. The number of aliphatic carboxylic acids is 1. The van der Waals surface area contributed by atoms with Crippen molar-refractivity contribution in [3.63, 3.8) is 0 Å². The molecule has 1 rings (SSSR count). The average Bonchev–Trinajstić information content (AvgIpc) is 2.18. The summed E-state index contributed by atoms with van der Waals surface area (Å²) in [6.45, 7) is 0. The standard InChI is InChI=1S/C10H18N2O4/c1-16-7-4-6(5-7)12-10(15)8(11)2-3-9(13)14/h6-8H,2-5,11H2,1H3,(H,12,15)(H,13,14). The Hall–Kier alpha value is -1.14. The first-order valence-electron chi connectivity index (χ1n) is 5.33. The Bertz CT molecular complexity index is 264. The van der Waals surface area contributed by atoms with Crippen molar-refractivity contribution in [2.45, 2.75) is 43.9 Å². The highest BCUT2D eigenvalue weighted by molar-refractivity contribution is 5.82. The Kier molecular flexibility index (Phi) is 4.70. The summed E-state index contributed by atoms with van der Waals surface area (Å²) in [7, 11) is 1.64. The van der Waals surface area contributed by atoms with Gasteiger partial charge in [-0.15, -0.1) is 0 Å². The van der Waals surface area contributed by atoms with E-state index in [-0.39, 0.29) is 30.9 Å². The molecule has 1 unspecified atom stereocenters. The number of nitrogens with two attached hydrogens (primary N) is 1. The molecule has 0 bridgehead atoms. The maximum absolute atomic E-state index is 11.5. The van der Waals surface area contributed by atoms with Gasteiger partial charge in [-0.05, 0) is 19.3 Å². The lowest BCUT2D eigenvalue weighted by Gasteiger charge is -2.35. The molecular formula is C10H18N2O4. The zero-order valence-electron chi connectivity index (χ0n) is 9.31. The van der Waals surface area contributed by atoms with E-state index in [0.717, 1.165) is 12.8 Å². The van der Waals surface area contributed by atoms with E-state index in [1.54, 1.807) is 7.11 Å². The smallest absolute Gasteiger partial charge is 0.303 e. The zero-order valence-corrected chi connectivity index (χ0v) is 9.31. The molecule has 1 aliphatic carbocycles. The molecule has 92 valence electrons. The Morgan fingerprint density at radius 1 is 1.56 bits per heavy atom. The molecule has 1 amide bonds. The minimum Gasteiger partial charge on any atom is -0.481 e. The van der Waals surface area contributed by atoms with Gasteiger partial charge < -0.3 is 20.9 Å². The van der Waals surface area contributed by atoms with Crippen molar-refractivity contribution in [3.05, 3.63) is 0 Å². The van der Waals surface area contributed by atoms with Crippen molar-refractivity contribution < 1.29 is 19.4 Å². The number of methoxy groups -OCH3 is 1. The van der Waals surface area contributed by atoms with Crippen molar-refractivity contribution in [2.75, 3.05) is 7.11 Å². The molecule has 16 heavy (non-hydrogen) atoms.